The fourth-order valence-electron chi connectivity index (χ4n) is 4.21. The molecule has 2 aliphatic heterocycles. The standard InChI is InChI=1S/C27H22N4OS3/c1-17-28-20-16-19(12-13-22(20)33-17)29-27-31(15-14-18-8-4-3-5-9-18)25(32)24(35-27)26-30(2)21-10-6-7-11-23(21)34-26/h3-13,16H,14-15H2,1-2H3. The van der Waals surface area contributed by atoms with Gasteiger partial charge in [0.2, 0.25) is 0 Å². The molecule has 1 saturated heterocycles. The van der Waals surface area contributed by atoms with Gasteiger partial charge in [-0.15, -0.1) is 11.3 Å². The van der Waals surface area contributed by atoms with Crippen LogP contribution in [-0.2, 0) is 11.2 Å². The van der Waals surface area contributed by atoms with Crippen LogP contribution in [0.4, 0.5) is 11.4 Å². The van der Waals surface area contributed by atoms with Crippen LogP contribution in [0.5, 0.6) is 0 Å². The van der Waals surface area contributed by atoms with E-state index in [1.165, 1.54) is 17.3 Å². The zero-order valence-corrected chi connectivity index (χ0v) is 21.7. The second-order valence-corrected chi connectivity index (χ2v) is 11.6. The van der Waals surface area contributed by atoms with Gasteiger partial charge in [0, 0.05) is 18.5 Å². The Balaban J connectivity index is 1.37. The van der Waals surface area contributed by atoms with Gasteiger partial charge in [0.15, 0.2) is 5.17 Å². The van der Waals surface area contributed by atoms with E-state index in [-0.39, 0.29) is 5.91 Å². The molecule has 1 fully saturated rings. The molecule has 6 rings (SSSR count). The predicted molar refractivity (Wildman–Crippen MR) is 149 cm³/mol. The first-order valence-corrected chi connectivity index (χ1v) is 13.8. The van der Waals surface area contributed by atoms with Crippen LogP contribution in [-0.4, -0.2) is 34.6 Å². The SMILES string of the molecule is Cc1nc2cc(N=C3SC(=C4Sc5ccccc5N4C)C(=O)N3CCc3ccccc3)ccc2s1. The van der Waals surface area contributed by atoms with Gasteiger partial charge in [0.05, 0.1) is 31.6 Å². The van der Waals surface area contributed by atoms with Gasteiger partial charge in [0.25, 0.3) is 5.91 Å². The third-order valence-corrected chi connectivity index (χ3v) is 9.35. The van der Waals surface area contributed by atoms with E-state index >= 15 is 0 Å². The highest BCUT2D eigenvalue weighted by atomic mass is 32.2. The summed E-state index contributed by atoms with van der Waals surface area (Å²) in [6.45, 7) is 2.59. The summed E-state index contributed by atoms with van der Waals surface area (Å²) >= 11 is 4.79. The number of benzene rings is 3. The van der Waals surface area contributed by atoms with Crippen molar-refractivity contribution in [2.24, 2.45) is 4.99 Å². The number of carbonyl (C=O) groups is 1. The minimum Gasteiger partial charge on any atom is -0.337 e. The Morgan fingerprint density at radius 2 is 1.77 bits per heavy atom. The summed E-state index contributed by atoms with van der Waals surface area (Å²) in [6, 6.07) is 24.6. The van der Waals surface area contributed by atoms with Gasteiger partial charge in [0.1, 0.15) is 4.91 Å². The molecule has 0 N–H and O–H groups in total. The summed E-state index contributed by atoms with van der Waals surface area (Å²) in [7, 11) is 2.02. The first-order chi connectivity index (χ1) is 17.1. The van der Waals surface area contributed by atoms with Crippen molar-refractivity contribution in [2.75, 3.05) is 18.5 Å². The van der Waals surface area contributed by atoms with Gasteiger partial charge >= 0.3 is 0 Å². The molecular weight excluding hydrogens is 493 g/mol. The van der Waals surface area contributed by atoms with Crippen LogP contribution in [0, 0.1) is 6.92 Å². The zero-order chi connectivity index (χ0) is 23.9. The lowest BCUT2D eigenvalue weighted by Crippen LogP contribution is -2.31. The minimum atomic E-state index is 0.0115. The number of carbonyl (C=O) groups excluding carboxylic acids is 1. The highest BCUT2D eigenvalue weighted by Gasteiger charge is 2.39. The average molecular weight is 515 g/mol. The molecule has 1 amide bonds. The fraction of sp³-hybridized carbons (Fsp3) is 0.148. The molecule has 5 nitrogen and oxygen atoms in total. The minimum absolute atomic E-state index is 0.0115. The van der Waals surface area contributed by atoms with Crippen LogP contribution in [0.15, 0.2) is 92.6 Å². The molecule has 0 radical (unpaired) electrons. The number of fused-ring (bicyclic) bond motifs is 2. The first-order valence-electron chi connectivity index (χ1n) is 11.3. The van der Waals surface area contributed by atoms with E-state index in [0.29, 0.717) is 11.7 Å². The number of aliphatic imine (C=N–C) groups is 1. The van der Waals surface area contributed by atoms with Gasteiger partial charge in [-0.05, 0) is 61.0 Å². The molecule has 2 aliphatic rings. The molecule has 0 bridgehead atoms. The van der Waals surface area contributed by atoms with Gasteiger partial charge in [-0.2, -0.15) is 0 Å². The van der Waals surface area contributed by atoms with Crippen molar-refractivity contribution in [3.05, 3.63) is 93.3 Å². The van der Waals surface area contributed by atoms with Crippen LogP contribution in [0.3, 0.4) is 0 Å². The molecule has 0 unspecified atom stereocenters. The van der Waals surface area contributed by atoms with Crippen LogP contribution < -0.4 is 4.90 Å². The molecule has 4 aromatic rings. The van der Waals surface area contributed by atoms with Crippen molar-refractivity contribution in [1.82, 2.24) is 9.88 Å². The van der Waals surface area contributed by atoms with E-state index in [1.807, 2.05) is 61.3 Å². The number of rotatable bonds is 4. The Kier molecular flexibility index (Phi) is 5.88. The van der Waals surface area contributed by atoms with Crippen molar-refractivity contribution < 1.29 is 4.79 Å². The number of nitrogens with zero attached hydrogens (tertiary/aromatic N) is 4. The number of aryl methyl sites for hydroxylation is 1. The number of thiazole rings is 1. The molecule has 8 heteroatoms. The average Bonchev–Trinajstić information content (AvgIpc) is 3.50. The number of hydrogen-bond acceptors (Lipinski definition) is 7. The van der Waals surface area contributed by atoms with E-state index in [1.54, 1.807) is 23.1 Å². The van der Waals surface area contributed by atoms with Crippen molar-refractivity contribution in [1.29, 1.82) is 0 Å². The third kappa shape index (κ3) is 4.26. The van der Waals surface area contributed by atoms with Crippen molar-refractivity contribution in [3.63, 3.8) is 0 Å². The Hall–Kier alpha value is -3.07. The highest BCUT2D eigenvalue weighted by Crippen LogP contribution is 2.50. The number of anilines is 1. The smallest absolute Gasteiger partial charge is 0.269 e. The molecule has 3 aromatic carbocycles. The second kappa shape index (κ2) is 9.18. The Morgan fingerprint density at radius 1 is 0.971 bits per heavy atom. The monoisotopic (exact) mass is 514 g/mol. The zero-order valence-electron chi connectivity index (χ0n) is 19.3. The molecule has 0 aliphatic carbocycles. The summed E-state index contributed by atoms with van der Waals surface area (Å²) in [6.07, 6.45) is 0.766. The highest BCUT2D eigenvalue weighted by molar-refractivity contribution is 8.19. The summed E-state index contributed by atoms with van der Waals surface area (Å²) in [5.41, 5.74) is 4.08. The molecule has 174 valence electrons. The molecule has 35 heavy (non-hydrogen) atoms. The van der Waals surface area contributed by atoms with Crippen molar-refractivity contribution in [3.8, 4) is 0 Å². The van der Waals surface area contributed by atoms with Gasteiger partial charge in [-0.1, -0.05) is 54.2 Å². The van der Waals surface area contributed by atoms with E-state index in [4.69, 9.17) is 4.99 Å². The number of thioether (sulfide) groups is 2. The number of aromatic nitrogens is 1. The normalized spacial score (nSPS) is 18.8. The number of amidine groups is 1. The summed E-state index contributed by atoms with van der Waals surface area (Å²) in [4.78, 5) is 29.1. The van der Waals surface area contributed by atoms with Crippen LogP contribution >= 0.6 is 34.9 Å². The maximum atomic E-state index is 13.7. The van der Waals surface area contributed by atoms with Gasteiger partial charge in [-0.25, -0.2) is 9.98 Å². The Morgan fingerprint density at radius 3 is 2.60 bits per heavy atom. The maximum absolute atomic E-state index is 13.7. The quantitative estimate of drug-likeness (QED) is 0.280. The third-order valence-electron chi connectivity index (χ3n) is 5.97. The molecule has 0 spiro atoms. The molecule has 0 atom stereocenters. The van der Waals surface area contributed by atoms with Crippen molar-refractivity contribution >= 4 is 67.5 Å². The van der Waals surface area contributed by atoms with Crippen LogP contribution in [0.25, 0.3) is 10.2 Å². The second-order valence-electron chi connectivity index (χ2n) is 8.34. The van der Waals surface area contributed by atoms with Gasteiger partial charge < -0.3 is 4.90 Å². The lowest BCUT2D eigenvalue weighted by Gasteiger charge is -2.16. The Labute approximate surface area is 216 Å². The van der Waals surface area contributed by atoms with Crippen LogP contribution in [0.1, 0.15) is 10.6 Å². The lowest BCUT2D eigenvalue weighted by atomic mass is 10.1. The van der Waals surface area contributed by atoms with E-state index < -0.39 is 0 Å². The number of amides is 1. The first kappa shape index (κ1) is 22.4. The fourth-order valence-corrected chi connectivity index (χ4v) is 7.39. The number of hydrogen-bond donors (Lipinski definition) is 0. The van der Waals surface area contributed by atoms with Crippen molar-refractivity contribution in [2.45, 2.75) is 18.2 Å². The molecule has 3 heterocycles. The Bertz CT molecular complexity index is 1510. The predicted octanol–water partition coefficient (Wildman–Crippen LogP) is 6.82. The van der Waals surface area contributed by atoms with E-state index in [2.05, 4.69) is 40.2 Å². The topological polar surface area (TPSA) is 48.8 Å². The van der Waals surface area contributed by atoms with Gasteiger partial charge in [-0.3, -0.25) is 9.69 Å². The summed E-state index contributed by atoms with van der Waals surface area (Å²) in [5, 5.41) is 2.71. The molecule has 0 saturated carbocycles. The molecular formula is C27H22N4OS3. The molecule has 1 aromatic heterocycles. The lowest BCUT2D eigenvalue weighted by molar-refractivity contribution is -0.122. The largest absolute Gasteiger partial charge is 0.337 e. The van der Waals surface area contributed by atoms with Crippen LogP contribution in [0.2, 0.25) is 0 Å². The maximum Gasteiger partial charge on any atom is 0.269 e. The summed E-state index contributed by atoms with van der Waals surface area (Å²) in [5.74, 6) is 0.0115. The number of para-hydroxylation sites is 1. The van der Waals surface area contributed by atoms with E-state index in [9.17, 15) is 4.79 Å². The van der Waals surface area contributed by atoms with E-state index in [0.717, 1.165) is 47.8 Å². The summed E-state index contributed by atoms with van der Waals surface area (Å²) < 4.78 is 1.15.